The molecule has 1 aromatic rings. The van der Waals surface area contributed by atoms with E-state index in [1.807, 2.05) is 10.6 Å². The van der Waals surface area contributed by atoms with E-state index in [9.17, 15) is 87.9 Å². The molecule has 3 aliphatic heterocycles. The summed E-state index contributed by atoms with van der Waals surface area (Å²) in [5.41, 5.74) is 10.6. The summed E-state index contributed by atoms with van der Waals surface area (Å²) in [6.45, 7) is 1.26. The fourth-order valence-corrected chi connectivity index (χ4v) is 7.77. The number of hydrogen-bond donors (Lipinski definition) is 16. The van der Waals surface area contributed by atoms with Crippen molar-refractivity contribution in [3.05, 3.63) is 23.8 Å². The minimum absolute atomic E-state index is 0.508. The van der Waals surface area contributed by atoms with Gasteiger partial charge in [-0.2, -0.15) is 8.42 Å². The first kappa shape index (κ1) is 51.3. The maximum atomic E-state index is 14.3. The van der Waals surface area contributed by atoms with Crippen LogP contribution in [0.1, 0.15) is 44.8 Å². The van der Waals surface area contributed by atoms with E-state index in [2.05, 4.69) is 14.8 Å². The molecule has 7 amide bonds. The molecule has 3 fully saturated rings. The number of carbonyl (C=O) groups is 7. The van der Waals surface area contributed by atoms with E-state index in [-0.39, 0.29) is 0 Å². The third-order valence-electron chi connectivity index (χ3n) is 10.8. The molecular formula is C35H52N8O20S. The Morgan fingerprint density at radius 2 is 1.44 bits per heavy atom. The molecule has 1 aromatic carbocycles. The largest absolute Gasteiger partial charge is 0.504 e. The summed E-state index contributed by atoms with van der Waals surface area (Å²) in [4.78, 5) is 96.6. The number of primary amides is 1. The van der Waals surface area contributed by atoms with Crippen LogP contribution in [0.3, 0.4) is 0 Å². The van der Waals surface area contributed by atoms with Crippen molar-refractivity contribution < 1.29 is 96.7 Å². The van der Waals surface area contributed by atoms with Crippen molar-refractivity contribution in [1.29, 1.82) is 0 Å². The highest BCUT2D eigenvalue weighted by Crippen LogP contribution is 2.32. The molecule has 15 atom stereocenters. The molecule has 0 spiro atoms. The molecule has 3 saturated heterocycles. The van der Waals surface area contributed by atoms with Gasteiger partial charge in [0.05, 0.1) is 36.9 Å². The van der Waals surface area contributed by atoms with E-state index in [0.717, 1.165) is 19.1 Å². The highest BCUT2D eigenvalue weighted by atomic mass is 32.3. The van der Waals surface area contributed by atoms with E-state index in [4.69, 9.17) is 16.0 Å². The van der Waals surface area contributed by atoms with E-state index in [1.54, 1.807) is 0 Å². The first-order chi connectivity index (χ1) is 29.6. The minimum atomic E-state index is -5.30. The van der Waals surface area contributed by atoms with Gasteiger partial charge in [-0.3, -0.25) is 38.1 Å². The number of benzene rings is 1. The second kappa shape index (κ2) is 20.7. The molecule has 0 aliphatic carbocycles. The van der Waals surface area contributed by atoms with Crippen LogP contribution in [-0.4, -0.2) is 202 Å². The monoisotopic (exact) mass is 936 g/mol. The van der Waals surface area contributed by atoms with Crippen molar-refractivity contribution in [3.63, 3.8) is 0 Å². The summed E-state index contributed by atoms with van der Waals surface area (Å²) in [5, 5.41) is 106. The van der Waals surface area contributed by atoms with Crippen molar-refractivity contribution in [2.45, 2.75) is 118 Å². The average Bonchev–Trinajstić information content (AvgIpc) is 3.74. The molecular weight excluding hydrogens is 884 g/mol. The Bertz CT molecular complexity index is 2060. The summed E-state index contributed by atoms with van der Waals surface area (Å²) in [5.74, 6) is -12.4. The fraction of sp³-hybridized carbons (Fsp3) is 0.629. The van der Waals surface area contributed by atoms with Crippen LogP contribution < -0.4 is 36.9 Å². The third kappa shape index (κ3) is 12.1. The molecule has 358 valence electrons. The molecule has 0 aromatic heterocycles. The zero-order valence-corrected chi connectivity index (χ0v) is 34.8. The highest BCUT2D eigenvalue weighted by molar-refractivity contribution is 7.81. The lowest BCUT2D eigenvalue weighted by Crippen LogP contribution is -2.64. The summed E-state index contributed by atoms with van der Waals surface area (Å²) in [6.07, 6.45) is -19.1. The molecule has 18 N–H and O–H groups in total. The van der Waals surface area contributed by atoms with Gasteiger partial charge in [0.1, 0.15) is 48.5 Å². The Hall–Kier alpha value is -5.34. The van der Waals surface area contributed by atoms with Gasteiger partial charge in [-0.15, -0.1) is 0 Å². The minimum Gasteiger partial charge on any atom is -0.504 e. The number of hydrogen-bond acceptors (Lipinski definition) is 20. The van der Waals surface area contributed by atoms with Crippen LogP contribution in [0.15, 0.2) is 18.2 Å². The Morgan fingerprint density at radius 1 is 0.844 bits per heavy atom. The van der Waals surface area contributed by atoms with Crippen molar-refractivity contribution in [2.75, 3.05) is 13.1 Å². The number of nitrogens with two attached hydrogens (primary N) is 2. The van der Waals surface area contributed by atoms with Gasteiger partial charge in [-0.1, -0.05) is 13.0 Å². The first-order valence-electron chi connectivity index (χ1n) is 19.4. The summed E-state index contributed by atoms with van der Waals surface area (Å²) < 4.78 is 36.2. The zero-order valence-electron chi connectivity index (χ0n) is 33.9. The van der Waals surface area contributed by atoms with Crippen LogP contribution >= 0.6 is 0 Å². The lowest BCUT2D eigenvalue weighted by molar-refractivity contribution is -0.149. The predicted octanol–water partition coefficient (Wildman–Crippen LogP) is -9.26. The van der Waals surface area contributed by atoms with Crippen molar-refractivity contribution >= 4 is 51.7 Å². The summed E-state index contributed by atoms with van der Waals surface area (Å²) in [7, 11) is -5.30. The molecule has 3 aliphatic rings. The Labute approximate surface area is 363 Å². The molecule has 3 heterocycles. The van der Waals surface area contributed by atoms with Crippen LogP contribution in [0, 0.1) is 5.92 Å². The number of fused-ring (bicyclic) bond motifs is 2. The van der Waals surface area contributed by atoms with Gasteiger partial charge < -0.3 is 92.7 Å². The quantitative estimate of drug-likeness (QED) is 0.102. The van der Waals surface area contributed by atoms with Crippen LogP contribution in [0.4, 0.5) is 0 Å². The van der Waals surface area contributed by atoms with Gasteiger partial charge in [-0.05, 0) is 24.6 Å². The van der Waals surface area contributed by atoms with Gasteiger partial charge in [0.15, 0.2) is 17.7 Å². The molecule has 29 heteroatoms. The summed E-state index contributed by atoms with van der Waals surface area (Å²) >= 11 is 0. The second-order valence-electron chi connectivity index (χ2n) is 15.8. The number of phenols is 1. The van der Waals surface area contributed by atoms with E-state index in [1.165, 1.54) is 6.92 Å². The SMILES string of the molecule is C[C@@H](O)[C@@H]1NC(=O)[C@@H](N)C[C@@H](O)[C@@H](O)NC(=O)[C@@H]2[C@@H](O)[C@@H](C)CN2C(=O)[C@H]([C@H](O)CC(N)=O)NC(=O)[C@H]([C@H](O)[C@@H](O)c2ccc(O)c(OS(=O)(=O)O)c2)NC(=O)[C@H]2C[C@@H](O)CN2C1=O. The number of amides is 7. The first-order valence-corrected chi connectivity index (χ1v) is 20.8. The molecule has 0 unspecified atom stereocenters. The number of phenolic OH excluding ortho intramolecular Hbond substituents is 1. The number of aliphatic hydroxyl groups is 8. The number of nitrogens with one attached hydrogen (secondary N) is 4. The molecule has 0 bridgehead atoms. The van der Waals surface area contributed by atoms with Gasteiger partial charge in [0.2, 0.25) is 41.4 Å². The maximum absolute atomic E-state index is 14.3. The fourth-order valence-electron chi connectivity index (χ4n) is 7.41. The molecule has 0 saturated carbocycles. The Morgan fingerprint density at radius 3 is 2.03 bits per heavy atom. The zero-order chi connectivity index (χ0) is 48.3. The van der Waals surface area contributed by atoms with Gasteiger partial charge in [-0.25, -0.2) is 0 Å². The van der Waals surface area contributed by atoms with Crippen LogP contribution in [0.25, 0.3) is 0 Å². The van der Waals surface area contributed by atoms with E-state index in [0.29, 0.717) is 15.9 Å². The molecule has 28 nitrogen and oxygen atoms in total. The van der Waals surface area contributed by atoms with E-state index < -0.39 is 192 Å². The lowest BCUT2D eigenvalue weighted by atomic mass is 9.96. The number of aliphatic hydroxyl groups excluding tert-OH is 8. The smallest absolute Gasteiger partial charge is 0.446 e. The lowest BCUT2D eigenvalue weighted by Gasteiger charge is -2.34. The normalized spacial score (nSPS) is 32.4. The molecule has 4 rings (SSSR count). The van der Waals surface area contributed by atoms with Crippen molar-refractivity contribution in [1.82, 2.24) is 31.1 Å². The molecule has 0 radical (unpaired) electrons. The van der Waals surface area contributed by atoms with Crippen molar-refractivity contribution in [2.24, 2.45) is 17.4 Å². The van der Waals surface area contributed by atoms with Crippen molar-refractivity contribution in [3.8, 4) is 11.5 Å². The van der Waals surface area contributed by atoms with Crippen LogP contribution in [0.5, 0.6) is 11.5 Å². The average molecular weight is 937 g/mol. The number of carbonyl (C=O) groups excluding carboxylic acids is 7. The number of nitrogens with zero attached hydrogens (tertiary/aromatic N) is 2. The molecule has 64 heavy (non-hydrogen) atoms. The Kier molecular flexibility index (Phi) is 16.6. The van der Waals surface area contributed by atoms with Gasteiger partial charge in [0.25, 0.3) is 0 Å². The number of aromatic hydroxyl groups is 1. The maximum Gasteiger partial charge on any atom is 0.446 e. The van der Waals surface area contributed by atoms with E-state index >= 15 is 0 Å². The topological polar surface area (TPSA) is 472 Å². The Balaban J connectivity index is 1.88. The van der Waals surface area contributed by atoms with Gasteiger partial charge >= 0.3 is 10.4 Å². The standard InChI is InChI=1S/C35H52N8O20S/c1-11-9-43-25(26(11)50)33(57)41-31(55)19(48)7-15(36)29(53)38-22(12(2)44)34(58)42-10-14(45)6-16(42)30(54)40-24(32(56)39-23(35(43)59)18(47)8-21(37)49)28(52)27(51)13-3-4-17(46)20(5-13)63-64(60,61)62/h3-5,11-12,14-16,18-19,22-28,31,44-48,50-52,55H,6-10,36H2,1-2H3,(H2,37,49)(H,38,53)(H,39,56)(H,40,54)(H,41,57)(H,60,61,62)/t11-,12+,14+,15-,16+,18+,19+,22-,23-,24-,25-,26-,27-,28-,31+/m0/s1. The predicted molar refractivity (Wildman–Crippen MR) is 208 cm³/mol. The third-order valence-corrected chi connectivity index (χ3v) is 11.2. The summed E-state index contributed by atoms with van der Waals surface area (Å²) in [6, 6.07) is -10.2. The highest BCUT2D eigenvalue weighted by Gasteiger charge is 2.50. The van der Waals surface area contributed by atoms with Crippen LogP contribution in [0.2, 0.25) is 0 Å². The van der Waals surface area contributed by atoms with Gasteiger partial charge in [0, 0.05) is 31.8 Å². The number of rotatable bonds is 9. The van der Waals surface area contributed by atoms with Crippen LogP contribution in [-0.2, 0) is 44.0 Å². The second-order valence-corrected chi connectivity index (χ2v) is 16.8.